The first-order valence-corrected chi connectivity index (χ1v) is 13.2. The van der Waals surface area contributed by atoms with Gasteiger partial charge in [0.2, 0.25) is 5.91 Å². The van der Waals surface area contributed by atoms with E-state index >= 15 is 0 Å². The monoisotopic (exact) mass is 522 g/mol. The van der Waals surface area contributed by atoms with E-state index in [-0.39, 0.29) is 29.3 Å². The van der Waals surface area contributed by atoms with Crippen LogP contribution in [0.3, 0.4) is 0 Å². The summed E-state index contributed by atoms with van der Waals surface area (Å²) in [6.45, 7) is 3.54. The van der Waals surface area contributed by atoms with Crippen molar-refractivity contribution in [3.05, 3.63) is 65.2 Å². The SMILES string of the molecule is CC(C)CC(NC(=O)c1ccc(F)cc1)C(=O)NC1CCCN(S(=O)(=O)c2cccc[n+]2[O-])C[C@@H]1O. The Morgan fingerprint density at radius 3 is 2.56 bits per heavy atom. The van der Waals surface area contributed by atoms with Crippen LogP contribution in [0.2, 0.25) is 0 Å². The van der Waals surface area contributed by atoms with E-state index in [1.165, 1.54) is 30.3 Å². The van der Waals surface area contributed by atoms with E-state index in [0.29, 0.717) is 19.3 Å². The number of aliphatic hydroxyl groups excluding tert-OH is 1. The van der Waals surface area contributed by atoms with Crippen molar-refractivity contribution in [3.8, 4) is 0 Å². The number of β-amino-alcohol motifs (C(OH)–C–C–N with tert-alkyl or cyclic N) is 1. The first-order valence-electron chi connectivity index (χ1n) is 11.7. The van der Waals surface area contributed by atoms with Gasteiger partial charge in [-0.05, 0) is 55.5 Å². The van der Waals surface area contributed by atoms with Crippen LogP contribution in [0.15, 0.2) is 53.7 Å². The number of sulfonamides is 1. The molecule has 1 aromatic heterocycles. The Morgan fingerprint density at radius 2 is 1.92 bits per heavy atom. The summed E-state index contributed by atoms with van der Waals surface area (Å²) >= 11 is 0. The number of aliphatic hydroxyl groups is 1. The van der Waals surface area contributed by atoms with E-state index in [1.54, 1.807) is 0 Å². The number of hydrogen-bond donors (Lipinski definition) is 3. The molecule has 1 aliphatic rings. The zero-order valence-corrected chi connectivity index (χ0v) is 20.9. The third-order valence-corrected chi connectivity index (χ3v) is 7.79. The second-order valence-corrected chi connectivity index (χ2v) is 11.1. The van der Waals surface area contributed by atoms with Gasteiger partial charge >= 0.3 is 15.0 Å². The van der Waals surface area contributed by atoms with Crippen molar-refractivity contribution < 1.29 is 32.2 Å². The summed E-state index contributed by atoms with van der Waals surface area (Å²) in [5.74, 6) is -1.49. The molecule has 10 nitrogen and oxygen atoms in total. The van der Waals surface area contributed by atoms with Crippen molar-refractivity contribution in [2.75, 3.05) is 13.1 Å². The average Bonchev–Trinajstić information content (AvgIpc) is 3.00. The van der Waals surface area contributed by atoms with E-state index in [4.69, 9.17) is 0 Å². The lowest BCUT2D eigenvalue weighted by Gasteiger charge is -2.27. The van der Waals surface area contributed by atoms with Gasteiger partial charge in [0.15, 0.2) is 6.20 Å². The van der Waals surface area contributed by atoms with Gasteiger partial charge in [-0.2, -0.15) is 9.04 Å². The fourth-order valence-electron chi connectivity index (χ4n) is 4.07. The predicted molar refractivity (Wildman–Crippen MR) is 128 cm³/mol. The van der Waals surface area contributed by atoms with E-state index < -0.39 is 50.9 Å². The molecule has 1 saturated heterocycles. The fraction of sp³-hybridized carbons (Fsp3) is 0.458. The highest BCUT2D eigenvalue weighted by Crippen LogP contribution is 2.19. The molecule has 12 heteroatoms. The number of benzene rings is 1. The highest BCUT2D eigenvalue weighted by molar-refractivity contribution is 7.88. The molecule has 2 heterocycles. The first kappa shape index (κ1) is 27.5. The minimum Gasteiger partial charge on any atom is -0.618 e. The van der Waals surface area contributed by atoms with Crippen LogP contribution in [0.5, 0.6) is 0 Å². The van der Waals surface area contributed by atoms with Crippen LogP contribution in [-0.2, 0) is 14.8 Å². The molecule has 0 aliphatic carbocycles. The summed E-state index contributed by atoms with van der Waals surface area (Å²) < 4.78 is 40.4. The summed E-state index contributed by atoms with van der Waals surface area (Å²) in [7, 11) is -4.16. The molecule has 3 atom stereocenters. The Labute approximate surface area is 209 Å². The van der Waals surface area contributed by atoms with E-state index in [0.717, 1.165) is 22.6 Å². The molecule has 0 bridgehead atoms. The van der Waals surface area contributed by atoms with Crippen LogP contribution < -0.4 is 15.4 Å². The molecule has 1 aliphatic heterocycles. The number of nitrogens with one attached hydrogen (secondary N) is 2. The predicted octanol–water partition coefficient (Wildman–Crippen LogP) is 0.934. The van der Waals surface area contributed by atoms with Gasteiger partial charge < -0.3 is 20.9 Å². The minimum atomic E-state index is -4.16. The fourth-order valence-corrected chi connectivity index (χ4v) is 5.59. The van der Waals surface area contributed by atoms with E-state index in [1.807, 2.05) is 13.8 Å². The van der Waals surface area contributed by atoms with Crippen molar-refractivity contribution in [1.82, 2.24) is 14.9 Å². The van der Waals surface area contributed by atoms with Gasteiger partial charge in [0.05, 0.1) is 12.1 Å². The van der Waals surface area contributed by atoms with Crippen molar-refractivity contribution in [2.45, 2.75) is 56.3 Å². The van der Waals surface area contributed by atoms with Gasteiger partial charge in [-0.25, -0.2) is 12.8 Å². The molecule has 3 N–H and O–H groups in total. The molecule has 3 rings (SSSR count). The summed E-state index contributed by atoms with van der Waals surface area (Å²) in [5.41, 5.74) is 0.199. The maximum Gasteiger partial charge on any atom is 0.323 e. The molecule has 36 heavy (non-hydrogen) atoms. The second kappa shape index (κ2) is 11.8. The third-order valence-electron chi connectivity index (χ3n) is 5.93. The molecule has 2 unspecified atom stereocenters. The lowest BCUT2D eigenvalue weighted by molar-refractivity contribution is -0.646. The van der Waals surface area contributed by atoms with Gasteiger partial charge in [-0.1, -0.05) is 13.8 Å². The Balaban J connectivity index is 1.69. The number of carbonyl (C=O) groups is 2. The molecular formula is C24H31FN4O6S. The number of rotatable bonds is 8. The zero-order valence-electron chi connectivity index (χ0n) is 20.1. The topological polar surface area (TPSA) is 143 Å². The molecule has 2 amide bonds. The van der Waals surface area contributed by atoms with Crippen LogP contribution in [-0.4, -0.2) is 60.9 Å². The molecule has 0 saturated carbocycles. The molecule has 2 aromatic rings. The van der Waals surface area contributed by atoms with Crippen molar-refractivity contribution in [1.29, 1.82) is 0 Å². The highest BCUT2D eigenvalue weighted by Gasteiger charge is 2.37. The van der Waals surface area contributed by atoms with Gasteiger partial charge in [-0.15, -0.1) is 0 Å². The van der Waals surface area contributed by atoms with E-state index in [2.05, 4.69) is 10.6 Å². The number of hydrogen-bond acceptors (Lipinski definition) is 6. The second-order valence-electron chi connectivity index (χ2n) is 9.21. The lowest BCUT2D eigenvalue weighted by atomic mass is 10.0. The average molecular weight is 523 g/mol. The molecule has 196 valence electrons. The standard InChI is InChI=1S/C24H31FN4O6S/c1-16(2)14-20(27-23(31)17-8-10-18(25)11-9-17)24(32)26-19-6-5-12-28(15-21(19)30)36(34,35)22-7-3-4-13-29(22)33/h3-4,7-11,13,16,19-21,30H,5-6,12,14-15H2,1-2H3,(H,26,32)(H,27,31)/t19?,20?,21-/m0/s1. The Hall–Kier alpha value is -3.09. The number of halogens is 1. The summed E-state index contributed by atoms with van der Waals surface area (Å²) in [6.07, 6.45) is 0.802. The quantitative estimate of drug-likeness (QED) is 0.348. The maximum atomic E-state index is 13.2. The Bertz CT molecular complexity index is 1180. The lowest BCUT2D eigenvalue weighted by Crippen LogP contribution is -2.54. The Morgan fingerprint density at radius 1 is 1.22 bits per heavy atom. The van der Waals surface area contributed by atoms with Crippen molar-refractivity contribution in [2.24, 2.45) is 5.92 Å². The molecule has 1 aromatic carbocycles. The smallest absolute Gasteiger partial charge is 0.323 e. The maximum absolute atomic E-state index is 13.2. The van der Waals surface area contributed by atoms with Crippen LogP contribution in [0.25, 0.3) is 0 Å². The van der Waals surface area contributed by atoms with Gasteiger partial charge in [0, 0.05) is 30.8 Å². The highest BCUT2D eigenvalue weighted by atomic mass is 32.2. The largest absolute Gasteiger partial charge is 0.618 e. The minimum absolute atomic E-state index is 0.0543. The third kappa shape index (κ3) is 6.77. The van der Waals surface area contributed by atoms with Gasteiger partial charge in [0.25, 0.3) is 5.91 Å². The van der Waals surface area contributed by atoms with Crippen molar-refractivity contribution in [3.63, 3.8) is 0 Å². The molecular weight excluding hydrogens is 491 g/mol. The number of amides is 2. The van der Waals surface area contributed by atoms with Crippen LogP contribution in [0.4, 0.5) is 4.39 Å². The number of pyridine rings is 1. The summed E-state index contributed by atoms with van der Waals surface area (Å²) in [5, 5.41) is 27.7. The van der Waals surface area contributed by atoms with Crippen LogP contribution >= 0.6 is 0 Å². The Kier molecular flexibility index (Phi) is 8.98. The van der Waals surface area contributed by atoms with Crippen LogP contribution in [0.1, 0.15) is 43.5 Å². The number of nitrogens with zero attached hydrogens (tertiary/aromatic N) is 2. The van der Waals surface area contributed by atoms with E-state index in [9.17, 15) is 32.7 Å². The molecule has 0 spiro atoms. The first-order chi connectivity index (χ1) is 17.0. The number of aromatic nitrogens is 1. The number of carbonyl (C=O) groups excluding carboxylic acids is 2. The van der Waals surface area contributed by atoms with Gasteiger partial charge in [-0.3, -0.25) is 9.59 Å². The molecule has 1 fully saturated rings. The normalized spacial score (nSPS) is 19.9. The summed E-state index contributed by atoms with van der Waals surface area (Å²) in [6, 6.07) is 7.31. The van der Waals surface area contributed by atoms with Crippen LogP contribution in [0, 0.1) is 16.9 Å². The van der Waals surface area contributed by atoms with Gasteiger partial charge in [0.1, 0.15) is 11.9 Å². The zero-order chi connectivity index (χ0) is 26.5. The molecule has 0 radical (unpaired) electrons. The van der Waals surface area contributed by atoms with Crippen molar-refractivity contribution >= 4 is 21.8 Å². The summed E-state index contributed by atoms with van der Waals surface area (Å²) in [4.78, 5) is 25.7.